The summed E-state index contributed by atoms with van der Waals surface area (Å²) < 4.78 is 0. The Morgan fingerprint density at radius 1 is 1.17 bits per heavy atom. The van der Waals surface area contributed by atoms with Gasteiger partial charge < -0.3 is 20.5 Å². The number of hydrogen-bond acceptors (Lipinski definition) is 3. The molecule has 6 nitrogen and oxygen atoms in total. The zero-order valence-electron chi connectivity index (χ0n) is 16.7. The lowest BCUT2D eigenvalue weighted by Crippen LogP contribution is -2.51. The van der Waals surface area contributed by atoms with Gasteiger partial charge >= 0.3 is 0 Å². The predicted octanol–water partition coefficient (Wildman–Crippen LogP) is 4.44. The maximum absolute atomic E-state index is 13.0. The zero-order valence-corrected chi connectivity index (χ0v) is 16.7. The lowest BCUT2D eigenvalue weighted by molar-refractivity contribution is -0.116. The van der Waals surface area contributed by atoms with Gasteiger partial charge in [-0.2, -0.15) is 0 Å². The van der Waals surface area contributed by atoms with Gasteiger partial charge in [-0.05, 0) is 48.1 Å². The summed E-state index contributed by atoms with van der Waals surface area (Å²) in [7, 11) is 0. The molecule has 0 unspecified atom stereocenters. The van der Waals surface area contributed by atoms with Gasteiger partial charge in [0.25, 0.3) is 5.91 Å². The highest BCUT2D eigenvalue weighted by atomic mass is 16.2. The molecule has 2 heterocycles. The van der Waals surface area contributed by atoms with Crippen LogP contribution >= 0.6 is 0 Å². The summed E-state index contributed by atoms with van der Waals surface area (Å²) in [6.07, 6.45) is 2.77. The fourth-order valence-electron chi connectivity index (χ4n) is 3.84. The van der Waals surface area contributed by atoms with Crippen LogP contribution in [-0.2, 0) is 4.79 Å². The molecule has 1 aliphatic rings. The highest BCUT2D eigenvalue weighted by molar-refractivity contribution is 6.01. The van der Waals surface area contributed by atoms with Crippen LogP contribution in [0.1, 0.15) is 37.0 Å². The molecule has 0 aliphatic carbocycles. The van der Waals surface area contributed by atoms with E-state index in [9.17, 15) is 9.59 Å². The topological polar surface area (TPSA) is 77.2 Å². The second-order valence-electron chi connectivity index (χ2n) is 7.81. The number of benzene rings is 2. The van der Waals surface area contributed by atoms with Crippen molar-refractivity contribution in [3.05, 3.63) is 60.3 Å². The van der Waals surface area contributed by atoms with Crippen LogP contribution in [0, 0.1) is 5.92 Å². The number of carbonyl (C=O) groups is 2. The van der Waals surface area contributed by atoms with E-state index in [4.69, 9.17) is 0 Å². The summed E-state index contributed by atoms with van der Waals surface area (Å²) in [5.74, 6) is 0.235. The number of aromatic amines is 1. The number of nitrogens with zero attached hydrogens (tertiary/aromatic N) is 1. The molecular weight excluding hydrogens is 364 g/mol. The average Bonchev–Trinajstić information content (AvgIpc) is 3.17. The van der Waals surface area contributed by atoms with Crippen molar-refractivity contribution in [2.45, 2.75) is 32.9 Å². The summed E-state index contributed by atoms with van der Waals surface area (Å²) >= 11 is 0. The summed E-state index contributed by atoms with van der Waals surface area (Å²) in [6, 6.07) is 15.4. The third-order valence-corrected chi connectivity index (χ3v) is 5.33. The van der Waals surface area contributed by atoms with E-state index >= 15 is 0 Å². The molecule has 0 saturated heterocycles. The number of hydrogen-bond donors (Lipinski definition) is 3. The molecule has 0 bridgehead atoms. The number of rotatable bonds is 6. The number of aromatic nitrogens is 1. The molecule has 3 N–H and O–H groups in total. The summed E-state index contributed by atoms with van der Waals surface area (Å²) in [6.45, 7) is 4.72. The fourth-order valence-corrected chi connectivity index (χ4v) is 3.84. The van der Waals surface area contributed by atoms with E-state index in [-0.39, 0.29) is 23.9 Å². The molecule has 0 radical (unpaired) electrons. The van der Waals surface area contributed by atoms with E-state index in [1.165, 1.54) is 0 Å². The molecule has 1 aliphatic heterocycles. The Morgan fingerprint density at radius 2 is 2.00 bits per heavy atom. The lowest BCUT2D eigenvalue weighted by atomic mass is 10.0. The van der Waals surface area contributed by atoms with Crippen molar-refractivity contribution in [1.29, 1.82) is 0 Å². The molecule has 29 heavy (non-hydrogen) atoms. The third-order valence-electron chi connectivity index (χ3n) is 5.33. The Morgan fingerprint density at radius 3 is 2.83 bits per heavy atom. The monoisotopic (exact) mass is 390 g/mol. The molecule has 2 aromatic carbocycles. The summed E-state index contributed by atoms with van der Waals surface area (Å²) in [5.41, 5.74) is 3.33. The van der Waals surface area contributed by atoms with Crippen LogP contribution in [0.4, 0.5) is 11.4 Å². The van der Waals surface area contributed by atoms with Crippen molar-refractivity contribution in [2.75, 3.05) is 17.2 Å². The maximum Gasteiger partial charge on any atom is 0.257 e. The van der Waals surface area contributed by atoms with Gasteiger partial charge in [-0.25, -0.2) is 0 Å². The third kappa shape index (κ3) is 3.97. The SMILES string of the molecule is CC(C)[C@H]1Nc2ccccc2C(=O)N1CCCC(=O)Nc1ccc2cc[nH]c2c1. The van der Waals surface area contributed by atoms with Crippen LogP contribution in [-0.4, -0.2) is 34.4 Å². The number of H-pyrrole nitrogens is 1. The molecule has 3 aromatic rings. The van der Waals surface area contributed by atoms with Crippen LogP contribution < -0.4 is 10.6 Å². The Hall–Kier alpha value is -3.28. The van der Waals surface area contributed by atoms with Gasteiger partial charge in [0.05, 0.1) is 5.56 Å². The molecule has 1 aromatic heterocycles. The number of anilines is 2. The van der Waals surface area contributed by atoms with Crippen molar-refractivity contribution < 1.29 is 9.59 Å². The summed E-state index contributed by atoms with van der Waals surface area (Å²) in [4.78, 5) is 30.4. The molecule has 1 atom stereocenters. The van der Waals surface area contributed by atoms with E-state index in [1.54, 1.807) is 0 Å². The number of carbonyl (C=O) groups excluding carboxylic acids is 2. The first-order chi connectivity index (χ1) is 14.0. The molecular formula is C23H26N4O2. The van der Waals surface area contributed by atoms with E-state index in [2.05, 4.69) is 29.5 Å². The van der Waals surface area contributed by atoms with Gasteiger partial charge in [0, 0.05) is 36.1 Å². The van der Waals surface area contributed by atoms with Crippen LogP contribution in [0.5, 0.6) is 0 Å². The van der Waals surface area contributed by atoms with E-state index in [0.717, 1.165) is 22.3 Å². The number of amides is 2. The van der Waals surface area contributed by atoms with Gasteiger partial charge in [0.1, 0.15) is 6.17 Å². The minimum atomic E-state index is -0.0734. The Balaban J connectivity index is 1.37. The molecule has 6 heteroatoms. The van der Waals surface area contributed by atoms with Crippen molar-refractivity contribution in [3.63, 3.8) is 0 Å². The first-order valence-corrected chi connectivity index (χ1v) is 10.1. The average molecular weight is 390 g/mol. The fraction of sp³-hybridized carbons (Fsp3) is 0.304. The highest BCUT2D eigenvalue weighted by Crippen LogP contribution is 2.28. The van der Waals surface area contributed by atoms with Crippen molar-refractivity contribution >= 4 is 34.1 Å². The van der Waals surface area contributed by atoms with E-state index in [1.807, 2.05) is 59.6 Å². The highest BCUT2D eigenvalue weighted by Gasteiger charge is 2.33. The minimum absolute atomic E-state index is 0.0238. The number of para-hydroxylation sites is 1. The summed E-state index contributed by atoms with van der Waals surface area (Å²) in [5, 5.41) is 7.53. The van der Waals surface area contributed by atoms with Gasteiger partial charge in [-0.3, -0.25) is 9.59 Å². The van der Waals surface area contributed by atoms with Crippen molar-refractivity contribution in [1.82, 2.24) is 9.88 Å². The smallest absolute Gasteiger partial charge is 0.257 e. The van der Waals surface area contributed by atoms with E-state index < -0.39 is 0 Å². The Kier molecular flexibility index (Phi) is 5.25. The second kappa shape index (κ2) is 7.99. The maximum atomic E-state index is 13.0. The minimum Gasteiger partial charge on any atom is -0.364 e. The molecule has 0 saturated carbocycles. The lowest BCUT2D eigenvalue weighted by Gasteiger charge is -2.40. The number of fused-ring (bicyclic) bond motifs is 2. The second-order valence-corrected chi connectivity index (χ2v) is 7.81. The molecule has 2 amide bonds. The molecule has 0 spiro atoms. The Bertz CT molecular complexity index is 1040. The van der Waals surface area contributed by atoms with Crippen LogP contribution in [0.3, 0.4) is 0 Å². The van der Waals surface area contributed by atoms with Crippen LogP contribution in [0.2, 0.25) is 0 Å². The van der Waals surface area contributed by atoms with Crippen LogP contribution in [0.25, 0.3) is 10.9 Å². The first kappa shape index (κ1) is 19.1. The van der Waals surface area contributed by atoms with Gasteiger partial charge in [0.15, 0.2) is 0 Å². The van der Waals surface area contributed by atoms with Gasteiger partial charge in [-0.15, -0.1) is 0 Å². The molecule has 4 rings (SSSR count). The van der Waals surface area contributed by atoms with Crippen molar-refractivity contribution in [2.24, 2.45) is 5.92 Å². The Labute approximate surface area is 170 Å². The van der Waals surface area contributed by atoms with Gasteiger partial charge in [0.2, 0.25) is 5.91 Å². The quantitative estimate of drug-likeness (QED) is 0.582. The van der Waals surface area contributed by atoms with E-state index in [0.29, 0.717) is 24.9 Å². The normalized spacial score (nSPS) is 16.0. The molecule has 0 fully saturated rings. The predicted molar refractivity (Wildman–Crippen MR) is 116 cm³/mol. The van der Waals surface area contributed by atoms with Crippen LogP contribution in [0.15, 0.2) is 54.7 Å². The first-order valence-electron chi connectivity index (χ1n) is 10.1. The van der Waals surface area contributed by atoms with Crippen molar-refractivity contribution in [3.8, 4) is 0 Å². The number of nitrogens with one attached hydrogen (secondary N) is 3. The largest absolute Gasteiger partial charge is 0.364 e. The standard InChI is InChI=1S/C23H26N4O2/c1-15(2)22-26-19-7-4-3-6-18(19)23(29)27(22)13-5-8-21(28)25-17-10-9-16-11-12-24-20(16)14-17/h3-4,6-7,9-12,14-15,22,24,26H,5,8,13H2,1-2H3,(H,25,28)/t22-/m0/s1. The zero-order chi connectivity index (χ0) is 20.4. The molecule has 150 valence electrons. The van der Waals surface area contributed by atoms with Gasteiger partial charge in [-0.1, -0.05) is 32.0 Å².